The molecule has 1 aromatic heterocycles. The summed E-state index contributed by atoms with van der Waals surface area (Å²) >= 11 is 0. The van der Waals surface area contributed by atoms with Crippen LogP contribution < -0.4 is 4.74 Å². The highest BCUT2D eigenvalue weighted by Crippen LogP contribution is 2.29. The molecule has 7 heteroatoms. The SMILES string of the molecule is Oc1ccc(-n2nnc3ccccc32)cc1/C=N/c1ccc2c(c1)OCOC2. The lowest BCUT2D eigenvalue weighted by Gasteiger charge is -2.17. The first-order valence-corrected chi connectivity index (χ1v) is 8.79. The molecule has 0 unspecified atom stereocenters. The van der Waals surface area contributed by atoms with Gasteiger partial charge in [0, 0.05) is 23.4 Å². The van der Waals surface area contributed by atoms with E-state index in [2.05, 4.69) is 15.3 Å². The minimum Gasteiger partial charge on any atom is -0.507 e. The minimum absolute atomic E-state index is 0.138. The third kappa shape index (κ3) is 2.97. The molecule has 138 valence electrons. The van der Waals surface area contributed by atoms with Gasteiger partial charge in [-0.1, -0.05) is 23.4 Å². The van der Waals surface area contributed by atoms with Gasteiger partial charge in [0.15, 0.2) is 6.79 Å². The average molecular weight is 372 g/mol. The normalized spacial score (nSPS) is 13.6. The summed E-state index contributed by atoms with van der Waals surface area (Å²) in [7, 11) is 0. The number of nitrogens with zero attached hydrogens (tertiary/aromatic N) is 4. The number of rotatable bonds is 3. The lowest BCUT2D eigenvalue weighted by atomic mass is 10.1. The maximum atomic E-state index is 10.2. The Hall–Kier alpha value is -3.71. The second-order valence-electron chi connectivity index (χ2n) is 6.39. The zero-order valence-electron chi connectivity index (χ0n) is 14.8. The third-order valence-electron chi connectivity index (χ3n) is 4.57. The molecule has 1 N–H and O–H groups in total. The summed E-state index contributed by atoms with van der Waals surface area (Å²) in [5.41, 5.74) is 4.80. The predicted octanol–water partition coefficient (Wildman–Crippen LogP) is 3.74. The third-order valence-corrected chi connectivity index (χ3v) is 4.57. The van der Waals surface area contributed by atoms with Crippen LogP contribution in [0.4, 0.5) is 5.69 Å². The number of phenolic OH excluding ortho intramolecular Hbond substituents is 1. The zero-order valence-corrected chi connectivity index (χ0v) is 14.8. The quantitative estimate of drug-likeness (QED) is 0.554. The highest BCUT2D eigenvalue weighted by atomic mass is 16.7. The fraction of sp³-hybridized carbons (Fsp3) is 0.0952. The fourth-order valence-electron chi connectivity index (χ4n) is 3.11. The Labute approximate surface area is 160 Å². The molecule has 0 bridgehead atoms. The smallest absolute Gasteiger partial charge is 0.189 e. The van der Waals surface area contributed by atoms with Gasteiger partial charge in [-0.2, -0.15) is 0 Å². The monoisotopic (exact) mass is 372 g/mol. The highest BCUT2D eigenvalue weighted by Gasteiger charge is 2.11. The van der Waals surface area contributed by atoms with Crippen LogP contribution in [0.5, 0.6) is 11.5 Å². The summed E-state index contributed by atoms with van der Waals surface area (Å²) in [6, 6.07) is 18.6. The van der Waals surface area contributed by atoms with Gasteiger partial charge >= 0.3 is 0 Å². The molecule has 0 radical (unpaired) electrons. The van der Waals surface area contributed by atoms with Gasteiger partial charge in [-0.3, -0.25) is 4.99 Å². The Bertz CT molecular complexity index is 1200. The summed E-state index contributed by atoms with van der Waals surface area (Å²) < 4.78 is 12.5. The number of benzene rings is 3. The molecule has 0 aliphatic carbocycles. The molecule has 0 saturated heterocycles. The Morgan fingerprint density at radius 2 is 2.00 bits per heavy atom. The molecule has 1 aliphatic rings. The van der Waals surface area contributed by atoms with E-state index in [9.17, 15) is 5.11 Å². The van der Waals surface area contributed by atoms with Crippen molar-refractivity contribution in [1.29, 1.82) is 0 Å². The number of hydrogen-bond donors (Lipinski definition) is 1. The van der Waals surface area contributed by atoms with Crippen LogP contribution in [0.2, 0.25) is 0 Å². The lowest BCUT2D eigenvalue weighted by molar-refractivity contribution is -0.0163. The Kier molecular flexibility index (Phi) is 3.99. The highest BCUT2D eigenvalue weighted by molar-refractivity contribution is 5.87. The summed E-state index contributed by atoms with van der Waals surface area (Å²) in [6.45, 7) is 0.781. The van der Waals surface area contributed by atoms with Gasteiger partial charge in [-0.05, 0) is 36.4 Å². The number of aromatic hydroxyl groups is 1. The van der Waals surface area contributed by atoms with Crippen molar-refractivity contribution in [2.45, 2.75) is 6.61 Å². The van der Waals surface area contributed by atoms with Gasteiger partial charge in [-0.15, -0.1) is 5.10 Å². The molecule has 0 amide bonds. The van der Waals surface area contributed by atoms with Crippen molar-refractivity contribution >= 4 is 22.9 Å². The summed E-state index contributed by atoms with van der Waals surface area (Å²) in [5.74, 6) is 0.910. The van der Waals surface area contributed by atoms with E-state index >= 15 is 0 Å². The first-order valence-electron chi connectivity index (χ1n) is 8.79. The zero-order chi connectivity index (χ0) is 18.9. The van der Waals surface area contributed by atoms with E-state index in [-0.39, 0.29) is 12.5 Å². The Morgan fingerprint density at radius 1 is 1.07 bits per heavy atom. The van der Waals surface area contributed by atoms with Crippen molar-refractivity contribution in [2.75, 3.05) is 6.79 Å². The summed E-state index contributed by atoms with van der Waals surface area (Å²) in [5, 5.41) is 18.6. The second-order valence-corrected chi connectivity index (χ2v) is 6.39. The molecule has 4 aromatic rings. The van der Waals surface area contributed by atoms with Gasteiger partial charge in [0.05, 0.1) is 23.5 Å². The Balaban J connectivity index is 1.49. The van der Waals surface area contributed by atoms with Gasteiger partial charge < -0.3 is 14.6 Å². The number of para-hydroxylation sites is 1. The van der Waals surface area contributed by atoms with Crippen LogP contribution in [0, 0.1) is 0 Å². The molecule has 0 fully saturated rings. The molecule has 5 rings (SSSR count). The summed E-state index contributed by atoms with van der Waals surface area (Å²) in [6.07, 6.45) is 1.62. The molecule has 28 heavy (non-hydrogen) atoms. The van der Waals surface area contributed by atoms with Gasteiger partial charge in [0.1, 0.15) is 17.0 Å². The van der Waals surface area contributed by atoms with Crippen molar-refractivity contribution in [1.82, 2.24) is 15.0 Å². The maximum absolute atomic E-state index is 10.2. The van der Waals surface area contributed by atoms with Gasteiger partial charge in [0.25, 0.3) is 0 Å². The molecule has 0 saturated carbocycles. The molecular weight excluding hydrogens is 356 g/mol. The van der Waals surface area contributed by atoms with Crippen molar-refractivity contribution in [3.63, 3.8) is 0 Å². The van der Waals surface area contributed by atoms with Crippen LogP contribution in [0.15, 0.2) is 65.7 Å². The van der Waals surface area contributed by atoms with Crippen molar-refractivity contribution in [3.05, 3.63) is 71.8 Å². The molecule has 7 nitrogen and oxygen atoms in total. The largest absolute Gasteiger partial charge is 0.507 e. The van der Waals surface area contributed by atoms with E-state index in [1.54, 1.807) is 23.0 Å². The number of aliphatic imine (C=N–C) groups is 1. The minimum atomic E-state index is 0.138. The molecule has 0 atom stereocenters. The van der Waals surface area contributed by atoms with Crippen molar-refractivity contribution < 1.29 is 14.6 Å². The Morgan fingerprint density at radius 3 is 2.96 bits per heavy atom. The fourth-order valence-corrected chi connectivity index (χ4v) is 3.11. The first kappa shape index (κ1) is 16.5. The first-order chi connectivity index (χ1) is 13.8. The predicted molar refractivity (Wildman–Crippen MR) is 105 cm³/mol. The molecule has 1 aliphatic heterocycles. The van der Waals surface area contributed by atoms with E-state index in [0.717, 1.165) is 33.7 Å². The van der Waals surface area contributed by atoms with Gasteiger partial charge in [0.2, 0.25) is 0 Å². The second kappa shape index (κ2) is 6.79. The maximum Gasteiger partial charge on any atom is 0.189 e. The number of phenols is 1. The molecular formula is C21H16N4O3. The van der Waals surface area contributed by atoms with Crippen LogP contribution in [0.1, 0.15) is 11.1 Å². The topological polar surface area (TPSA) is 81.8 Å². The van der Waals surface area contributed by atoms with Crippen molar-refractivity contribution in [3.8, 4) is 17.2 Å². The number of hydrogen-bond acceptors (Lipinski definition) is 6. The standard InChI is InChI=1S/C21H16N4O3/c26-20-8-7-17(25-19-4-2-1-3-18(19)23-24-25)9-15(20)11-22-16-6-5-14-12-27-13-28-21(14)10-16/h1-11,26H,12-13H2/b22-11+. The van der Waals surface area contributed by atoms with Crippen LogP contribution in [-0.2, 0) is 11.3 Å². The lowest BCUT2D eigenvalue weighted by Crippen LogP contribution is -2.10. The van der Waals surface area contributed by atoms with Gasteiger partial charge in [-0.25, -0.2) is 4.68 Å². The number of ether oxygens (including phenoxy) is 2. The van der Waals surface area contributed by atoms with E-state index in [0.29, 0.717) is 12.2 Å². The van der Waals surface area contributed by atoms with Crippen molar-refractivity contribution in [2.24, 2.45) is 4.99 Å². The molecule has 3 aromatic carbocycles. The van der Waals surface area contributed by atoms with E-state index in [1.807, 2.05) is 48.5 Å². The summed E-state index contributed by atoms with van der Waals surface area (Å²) in [4.78, 5) is 4.48. The average Bonchev–Trinajstić information content (AvgIpc) is 3.17. The van der Waals surface area contributed by atoms with Crippen LogP contribution in [-0.4, -0.2) is 33.1 Å². The van der Waals surface area contributed by atoms with Crippen LogP contribution in [0.3, 0.4) is 0 Å². The van der Waals surface area contributed by atoms with Crippen LogP contribution in [0.25, 0.3) is 16.7 Å². The number of fused-ring (bicyclic) bond motifs is 2. The number of aromatic nitrogens is 3. The van der Waals surface area contributed by atoms with Crippen LogP contribution >= 0.6 is 0 Å². The van der Waals surface area contributed by atoms with E-state index in [4.69, 9.17) is 9.47 Å². The molecule has 2 heterocycles. The van der Waals surface area contributed by atoms with E-state index in [1.165, 1.54) is 0 Å². The molecule has 0 spiro atoms. The van der Waals surface area contributed by atoms with E-state index < -0.39 is 0 Å².